The van der Waals surface area contributed by atoms with Crippen molar-refractivity contribution in [1.82, 2.24) is 19.6 Å². The maximum Gasteiger partial charge on any atom is 0.235 e. The van der Waals surface area contributed by atoms with Crippen LogP contribution in [0.3, 0.4) is 0 Å². The quantitative estimate of drug-likeness (QED) is 0.922. The summed E-state index contributed by atoms with van der Waals surface area (Å²) in [6.07, 6.45) is 2.08. The summed E-state index contributed by atoms with van der Waals surface area (Å²) in [5, 5.41) is 12.1. The summed E-state index contributed by atoms with van der Waals surface area (Å²) >= 11 is 1.63. The molecule has 112 valence electrons. The molecule has 6 nitrogen and oxygen atoms in total. The van der Waals surface area contributed by atoms with Gasteiger partial charge in [0.1, 0.15) is 5.82 Å². The topological polar surface area (TPSA) is 64.7 Å². The Balaban J connectivity index is 2.14. The lowest BCUT2D eigenvalue weighted by molar-refractivity contribution is -0.113. The number of nitrogens with zero attached hydrogens (tertiary/aromatic N) is 4. The van der Waals surface area contributed by atoms with E-state index in [1.54, 1.807) is 16.4 Å². The van der Waals surface area contributed by atoms with E-state index in [0.29, 0.717) is 5.75 Å². The molecule has 0 saturated carbocycles. The summed E-state index contributed by atoms with van der Waals surface area (Å²) in [7, 11) is 1.86. The zero-order valence-corrected chi connectivity index (χ0v) is 13.5. The van der Waals surface area contributed by atoms with Crippen molar-refractivity contribution >= 4 is 23.5 Å². The number of nitrogens with one attached hydrogen (secondary N) is 1. The molecule has 1 atom stereocenters. The Hall–Kier alpha value is -1.76. The van der Waals surface area contributed by atoms with Crippen molar-refractivity contribution in [3.05, 3.63) is 28.7 Å². The van der Waals surface area contributed by atoms with Crippen LogP contribution in [0.5, 0.6) is 0 Å². The van der Waals surface area contributed by atoms with Gasteiger partial charge in [-0.25, -0.2) is 0 Å². The molecule has 2 aromatic heterocycles. The highest BCUT2D eigenvalue weighted by Crippen LogP contribution is 2.43. The maximum absolute atomic E-state index is 11.9. The average molecular weight is 305 g/mol. The zero-order valence-electron chi connectivity index (χ0n) is 12.7. The lowest BCUT2D eigenvalue weighted by Crippen LogP contribution is -2.15. The summed E-state index contributed by atoms with van der Waals surface area (Å²) in [6.45, 7) is 6.92. The summed E-state index contributed by atoms with van der Waals surface area (Å²) in [6, 6.07) is 0. The highest BCUT2D eigenvalue weighted by Gasteiger charge is 2.31. The zero-order chi connectivity index (χ0) is 15.1. The number of thioether (sulfide) groups is 1. The Kier molecular flexibility index (Phi) is 3.52. The Bertz CT molecular complexity index is 703. The number of aromatic nitrogens is 4. The molecular formula is C14H19N5OS. The van der Waals surface area contributed by atoms with Crippen molar-refractivity contribution in [2.75, 3.05) is 11.1 Å². The second-order valence-electron chi connectivity index (χ2n) is 5.24. The van der Waals surface area contributed by atoms with Crippen LogP contribution in [0.15, 0.2) is 6.20 Å². The van der Waals surface area contributed by atoms with Crippen molar-refractivity contribution in [1.29, 1.82) is 0 Å². The van der Waals surface area contributed by atoms with E-state index in [4.69, 9.17) is 0 Å². The molecule has 1 N–H and O–H groups in total. The molecule has 1 aliphatic heterocycles. The molecule has 0 aliphatic carbocycles. The molecule has 2 aromatic rings. The molecule has 0 spiro atoms. The van der Waals surface area contributed by atoms with E-state index in [0.717, 1.165) is 34.9 Å². The molecule has 0 fully saturated rings. The summed E-state index contributed by atoms with van der Waals surface area (Å²) < 4.78 is 3.69. The summed E-state index contributed by atoms with van der Waals surface area (Å²) in [4.78, 5) is 11.9. The fraction of sp³-hybridized carbons (Fsp3) is 0.500. The van der Waals surface area contributed by atoms with E-state index in [9.17, 15) is 4.79 Å². The number of carbonyl (C=O) groups excluding carboxylic acids is 1. The molecule has 1 amide bonds. The first-order valence-electron chi connectivity index (χ1n) is 7.00. The minimum atomic E-state index is 0.0206. The first kappa shape index (κ1) is 14.2. The first-order valence-corrected chi connectivity index (χ1v) is 8.05. The van der Waals surface area contributed by atoms with Crippen molar-refractivity contribution in [3.8, 4) is 0 Å². The monoisotopic (exact) mass is 305 g/mol. The van der Waals surface area contributed by atoms with Gasteiger partial charge in [0.2, 0.25) is 5.91 Å². The molecule has 7 heteroatoms. The molecule has 3 heterocycles. The van der Waals surface area contributed by atoms with E-state index < -0.39 is 0 Å². The van der Waals surface area contributed by atoms with Gasteiger partial charge in [0.15, 0.2) is 0 Å². The maximum atomic E-state index is 11.9. The SMILES string of the molecule is CCn1cc([C@H]2SCC(=O)Nc3c2c(C)nn3C)c(C)n1. The third-order valence-electron chi connectivity index (χ3n) is 3.76. The molecular weight excluding hydrogens is 286 g/mol. The highest BCUT2D eigenvalue weighted by atomic mass is 32.2. The van der Waals surface area contributed by atoms with Gasteiger partial charge in [-0.3, -0.25) is 14.2 Å². The van der Waals surface area contributed by atoms with Gasteiger partial charge in [-0.05, 0) is 20.8 Å². The van der Waals surface area contributed by atoms with Crippen LogP contribution < -0.4 is 5.32 Å². The van der Waals surface area contributed by atoms with Crippen molar-refractivity contribution < 1.29 is 4.79 Å². The molecule has 3 rings (SSSR count). The smallest absolute Gasteiger partial charge is 0.235 e. The summed E-state index contributed by atoms with van der Waals surface area (Å²) in [5.41, 5.74) is 4.22. The van der Waals surface area contributed by atoms with Crippen LogP contribution in [-0.4, -0.2) is 31.2 Å². The van der Waals surface area contributed by atoms with Gasteiger partial charge in [0, 0.05) is 30.9 Å². The van der Waals surface area contributed by atoms with Gasteiger partial charge in [-0.2, -0.15) is 10.2 Å². The van der Waals surface area contributed by atoms with Crippen LogP contribution in [0.1, 0.15) is 34.7 Å². The van der Waals surface area contributed by atoms with Crippen LogP contribution >= 0.6 is 11.8 Å². The van der Waals surface area contributed by atoms with Crippen molar-refractivity contribution in [2.45, 2.75) is 32.6 Å². The number of hydrogen-bond donors (Lipinski definition) is 1. The molecule has 21 heavy (non-hydrogen) atoms. The largest absolute Gasteiger partial charge is 0.310 e. The average Bonchev–Trinajstić information content (AvgIpc) is 2.86. The van der Waals surface area contributed by atoms with Gasteiger partial charge in [-0.15, -0.1) is 11.8 Å². The number of carbonyl (C=O) groups is 1. The normalized spacial score (nSPS) is 18.3. The van der Waals surface area contributed by atoms with Gasteiger partial charge in [0.25, 0.3) is 0 Å². The van der Waals surface area contributed by atoms with Crippen LogP contribution in [0.2, 0.25) is 0 Å². The van der Waals surface area contributed by atoms with Crippen LogP contribution in [-0.2, 0) is 18.4 Å². The minimum absolute atomic E-state index is 0.0206. The fourth-order valence-corrected chi connectivity index (χ4v) is 4.00. The third-order valence-corrected chi connectivity index (χ3v) is 5.01. The standard InChI is InChI=1S/C14H19N5OS/c1-5-19-6-10(8(2)17-19)13-12-9(3)16-18(4)14(12)15-11(20)7-21-13/h6,13H,5,7H2,1-4H3,(H,15,20)/t13-/m1/s1. The lowest BCUT2D eigenvalue weighted by Gasteiger charge is -2.13. The van der Waals surface area contributed by atoms with Crippen LogP contribution in [0.25, 0.3) is 0 Å². The number of hydrogen-bond acceptors (Lipinski definition) is 4. The molecule has 1 aliphatic rings. The van der Waals surface area contributed by atoms with Gasteiger partial charge < -0.3 is 5.32 Å². The lowest BCUT2D eigenvalue weighted by atomic mass is 10.1. The molecule has 0 saturated heterocycles. The number of aryl methyl sites for hydroxylation is 4. The van der Waals surface area contributed by atoms with E-state index in [1.807, 2.05) is 25.6 Å². The van der Waals surface area contributed by atoms with Crippen LogP contribution in [0, 0.1) is 13.8 Å². The fourth-order valence-electron chi connectivity index (χ4n) is 2.75. The number of anilines is 1. The van der Waals surface area contributed by atoms with E-state index in [-0.39, 0.29) is 11.2 Å². The minimum Gasteiger partial charge on any atom is -0.310 e. The summed E-state index contributed by atoms with van der Waals surface area (Å²) in [5.74, 6) is 1.26. The van der Waals surface area contributed by atoms with Gasteiger partial charge in [-0.1, -0.05) is 0 Å². The Labute approximate surface area is 127 Å². The number of rotatable bonds is 2. The van der Waals surface area contributed by atoms with E-state index in [2.05, 4.69) is 28.6 Å². The molecule has 0 aromatic carbocycles. The van der Waals surface area contributed by atoms with Crippen molar-refractivity contribution in [3.63, 3.8) is 0 Å². The second kappa shape index (κ2) is 5.22. The molecule has 0 bridgehead atoms. The predicted molar refractivity (Wildman–Crippen MR) is 83.5 cm³/mol. The molecule has 0 radical (unpaired) electrons. The highest BCUT2D eigenvalue weighted by molar-refractivity contribution is 8.00. The Morgan fingerprint density at radius 3 is 2.81 bits per heavy atom. The Morgan fingerprint density at radius 2 is 2.14 bits per heavy atom. The van der Waals surface area contributed by atoms with E-state index in [1.165, 1.54) is 0 Å². The van der Waals surface area contributed by atoms with Gasteiger partial charge in [0.05, 0.1) is 22.4 Å². The number of amides is 1. The first-order chi connectivity index (χ1) is 10.0. The third kappa shape index (κ3) is 2.35. The Morgan fingerprint density at radius 1 is 1.38 bits per heavy atom. The second-order valence-corrected chi connectivity index (χ2v) is 6.33. The van der Waals surface area contributed by atoms with Crippen LogP contribution in [0.4, 0.5) is 5.82 Å². The van der Waals surface area contributed by atoms with Crippen molar-refractivity contribution in [2.24, 2.45) is 7.05 Å². The molecule has 0 unspecified atom stereocenters. The van der Waals surface area contributed by atoms with E-state index >= 15 is 0 Å². The number of fused-ring (bicyclic) bond motifs is 1. The predicted octanol–water partition coefficient (Wildman–Crippen LogP) is 2.03. The van der Waals surface area contributed by atoms with Gasteiger partial charge >= 0.3 is 0 Å².